The molecule has 104 valence electrons. The lowest BCUT2D eigenvalue weighted by Gasteiger charge is -2.21. The first-order valence-electron chi connectivity index (χ1n) is 7.01. The Hall–Kier alpha value is -1.65. The van der Waals surface area contributed by atoms with Gasteiger partial charge in [0.1, 0.15) is 5.82 Å². The molecule has 19 heavy (non-hydrogen) atoms. The molecule has 1 aromatic heterocycles. The van der Waals surface area contributed by atoms with Crippen molar-refractivity contribution >= 4 is 11.8 Å². The number of hydrogen-bond acceptors (Lipinski definition) is 4. The number of aromatic carboxylic acids is 1. The van der Waals surface area contributed by atoms with Crippen LogP contribution in [-0.4, -0.2) is 34.1 Å². The molecule has 0 aliphatic carbocycles. The second-order valence-corrected chi connectivity index (χ2v) is 5.14. The van der Waals surface area contributed by atoms with E-state index in [4.69, 9.17) is 5.11 Å². The standard InChI is InChI=1S/C14H21N3O2/c1-2-4-11-5-3-7-17(8-6-11)13-10-15-12(9-16-13)14(18)19/h9-11H,2-8H2,1H3,(H,18,19). The number of hydrogen-bond donors (Lipinski definition) is 1. The molecule has 5 nitrogen and oxygen atoms in total. The molecule has 5 heteroatoms. The van der Waals surface area contributed by atoms with Gasteiger partial charge in [0, 0.05) is 13.1 Å². The first kappa shape index (κ1) is 13.8. The highest BCUT2D eigenvalue weighted by Crippen LogP contribution is 2.24. The van der Waals surface area contributed by atoms with Gasteiger partial charge in [0.15, 0.2) is 5.69 Å². The molecule has 1 saturated heterocycles. The third kappa shape index (κ3) is 3.66. The normalized spacial score (nSPS) is 20.1. The van der Waals surface area contributed by atoms with Gasteiger partial charge in [-0.25, -0.2) is 14.8 Å². The summed E-state index contributed by atoms with van der Waals surface area (Å²) in [6.07, 6.45) is 9.11. The van der Waals surface area contributed by atoms with Crippen LogP contribution in [0, 0.1) is 5.92 Å². The number of anilines is 1. The lowest BCUT2D eigenvalue weighted by atomic mass is 9.96. The fourth-order valence-electron chi connectivity index (χ4n) is 2.69. The molecule has 0 amide bonds. The quantitative estimate of drug-likeness (QED) is 0.904. The van der Waals surface area contributed by atoms with Crippen molar-refractivity contribution in [3.8, 4) is 0 Å². The average Bonchev–Trinajstić information content (AvgIpc) is 2.65. The SMILES string of the molecule is CCCC1CCCN(c2cnc(C(=O)O)cn2)CC1. The van der Waals surface area contributed by atoms with Crippen LogP contribution in [0.3, 0.4) is 0 Å². The van der Waals surface area contributed by atoms with Gasteiger partial charge >= 0.3 is 5.97 Å². The van der Waals surface area contributed by atoms with E-state index < -0.39 is 5.97 Å². The average molecular weight is 263 g/mol. The molecule has 0 radical (unpaired) electrons. The molecule has 2 heterocycles. The highest BCUT2D eigenvalue weighted by Gasteiger charge is 2.18. The topological polar surface area (TPSA) is 66.3 Å². The summed E-state index contributed by atoms with van der Waals surface area (Å²) in [7, 11) is 0. The molecule has 1 unspecified atom stereocenters. The zero-order chi connectivity index (χ0) is 13.7. The van der Waals surface area contributed by atoms with Crippen molar-refractivity contribution in [1.29, 1.82) is 0 Å². The lowest BCUT2D eigenvalue weighted by molar-refractivity contribution is 0.0690. The van der Waals surface area contributed by atoms with E-state index in [1.165, 1.54) is 38.3 Å². The molecule has 0 saturated carbocycles. The van der Waals surface area contributed by atoms with E-state index in [1.54, 1.807) is 6.20 Å². The van der Waals surface area contributed by atoms with Gasteiger partial charge in [0.25, 0.3) is 0 Å². The summed E-state index contributed by atoms with van der Waals surface area (Å²) in [5, 5.41) is 8.81. The molecular formula is C14H21N3O2. The van der Waals surface area contributed by atoms with E-state index in [-0.39, 0.29) is 5.69 Å². The summed E-state index contributed by atoms with van der Waals surface area (Å²) in [5.74, 6) is 0.585. The summed E-state index contributed by atoms with van der Waals surface area (Å²) in [5.41, 5.74) is 0.00225. The van der Waals surface area contributed by atoms with Gasteiger partial charge < -0.3 is 10.0 Å². The smallest absolute Gasteiger partial charge is 0.356 e. The van der Waals surface area contributed by atoms with Crippen LogP contribution in [0.2, 0.25) is 0 Å². The zero-order valence-electron chi connectivity index (χ0n) is 11.4. The van der Waals surface area contributed by atoms with Gasteiger partial charge in [0.05, 0.1) is 12.4 Å². The van der Waals surface area contributed by atoms with Crippen LogP contribution in [0.1, 0.15) is 49.5 Å². The Balaban J connectivity index is 1.99. The van der Waals surface area contributed by atoms with Gasteiger partial charge in [-0.1, -0.05) is 19.8 Å². The molecule has 1 atom stereocenters. The molecule has 2 rings (SSSR count). The fraction of sp³-hybridized carbons (Fsp3) is 0.643. The zero-order valence-corrected chi connectivity index (χ0v) is 11.4. The Morgan fingerprint density at radius 3 is 2.84 bits per heavy atom. The summed E-state index contributed by atoms with van der Waals surface area (Å²) in [6.45, 7) is 4.21. The summed E-state index contributed by atoms with van der Waals surface area (Å²) >= 11 is 0. The van der Waals surface area contributed by atoms with E-state index in [1.807, 2.05) is 0 Å². The number of rotatable bonds is 4. The Labute approximate surface area is 113 Å². The second kappa shape index (κ2) is 6.50. The number of carboxylic acids is 1. The minimum atomic E-state index is -1.03. The van der Waals surface area contributed by atoms with Crippen LogP contribution in [0.15, 0.2) is 12.4 Å². The molecule has 1 fully saturated rings. The predicted octanol–water partition coefficient (Wildman–Crippen LogP) is 2.58. The summed E-state index contributed by atoms with van der Waals surface area (Å²) < 4.78 is 0. The van der Waals surface area contributed by atoms with Gasteiger partial charge in [0.2, 0.25) is 0 Å². The highest BCUT2D eigenvalue weighted by molar-refractivity contribution is 5.84. The maximum atomic E-state index is 10.7. The van der Waals surface area contributed by atoms with Crippen LogP contribution in [-0.2, 0) is 0 Å². The molecule has 0 aromatic carbocycles. The van der Waals surface area contributed by atoms with Crippen LogP contribution in [0.5, 0.6) is 0 Å². The predicted molar refractivity (Wildman–Crippen MR) is 73.5 cm³/mol. The minimum Gasteiger partial charge on any atom is -0.476 e. The Morgan fingerprint density at radius 1 is 1.37 bits per heavy atom. The lowest BCUT2D eigenvalue weighted by Crippen LogP contribution is -2.25. The first-order chi connectivity index (χ1) is 9.20. The van der Waals surface area contributed by atoms with Crippen molar-refractivity contribution in [1.82, 2.24) is 9.97 Å². The van der Waals surface area contributed by atoms with Crippen molar-refractivity contribution in [2.45, 2.75) is 39.0 Å². The van der Waals surface area contributed by atoms with Gasteiger partial charge in [-0.15, -0.1) is 0 Å². The van der Waals surface area contributed by atoms with Crippen LogP contribution >= 0.6 is 0 Å². The third-order valence-corrected chi connectivity index (χ3v) is 3.73. The van der Waals surface area contributed by atoms with E-state index in [9.17, 15) is 4.79 Å². The largest absolute Gasteiger partial charge is 0.476 e. The van der Waals surface area contributed by atoms with E-state index >= 15 is 0 Å². The number of nitrogens with zero attached hydrogens (tertiary/aromatic N) is 3. The van der Waals surface area contributed by atoms with Crippen molar-refractivity contribution in [3.63, 3.8) is 0 Å². The maximum Gasteiger partial charge on any atom is 0.356 e. The third-order valence-electron chi connectivity index (χ3n) is 3.73. The number of carboxylic acid groups (broad SMARTS) is 1. The molecule has 1 aliphatic rings. The number of carbonyl (C=O) groups is 1. The highest BCUT2D eigenvalue weighted by atomic mass is 16.4. The first-order valence-corrected chi connectivity index (χ1v) is 7.01. The fourth-order valence-corrected chi connectivity index (χ4v) is 2.69. The van der Waals surface area contributed by atoms with E-state index in [2.05, 4.69) is 21.8 Å². The molecule has 1 aromatic rings. The molecule has 1 aliphatic heterocycles. The second-order valence-electron chi connectivity index (χ2n) is 5.14. The summed E-state index contributed by atoms with van der Waals surface area (Å²) in [4.78, 5) is 21.1. The summed E-state index contributed by atoms with van der Waals surface area (Å²) in [6, 6.07) is 0. The maximum absolute atomic E-state index is 10.7. The molecule has 1 N–H and O–H groups in total. The van der Waals surface area contributed by atoms with E-state index in [0.717, 1.165) is 24.8 Å². The molecule has 0 bridgehead atoms. The van der Waals surface area contributed by atoms with Crippen molar-refractivity contribution in [2.75, 3.05) is 18.0 Å². The minimum absolute atomic E-state index is 0.00225. The van der Waals surface area contributed by atoms with Crippen molar-refractivity contribution in [3.05, 3.63) is 18.1 Å². The number of aromatic nitrogens is 2. The van der Waals surface area contributed by atoms with E-state index in [0.29, 0.717) is 0 Å². The van der Waals surface area contributed by atoms with Crippen LogP contribution in [0.25, 0.3) is 0 Å². The Kier molecular flexibility index (Phi) is 4.71. The monoisotopic (exact) mass is 263 g/mol. The Bertz CT molecular complexity index is 419. The Morgan fingerprint density at radius 2 is 2.21 bits per heavy atom. The van der Waals surface area contributed by atoms with Gasteiger partial charge in [-0.05, 0) is 25.2 Å². The van der Waals surface area contributed by atoms with Crippen LogP contribution < -0.4 is 4.90 Å². The van der Waals surface area contributed by atoms with Crippen LogP contribution in [0.4, 0.5) is 5.82 Å². The van der Waals surface area contributed by atoms with Crippen molar-refractivity contribution in [2.24, 2.45) is 5.92 Å². The van der Waals surface area contributed by atoms with Gasteiger partial charge in [-0.3, -0.25) is 0 Å². The molecular weight excluding hydrogens is 242 g/mol. The molecule has 0 spiro atoms. The van der Waals surface area contributed by atoms with Gasteiger partial charge in [-0.2, -0.15) is 0 Å². The van der Waals surface area contributed by atoms with Crippen molar-refractivity contribution < 1.29 is 9.90 Å².